The monoisotopic (exact) mass is 380 g/mol. The van der Waals surface area contributed by atoms with Gasteiger partial charge in [0.15, 0.2) is 5.96 Å². The van der Waals surface area contributed by atoms with Gasteiger partial charge in [0.25, 0.3) is 0 Å². The summed E-state index contributed by atoms with van der Waals surface area (Å²) in [6.45, 7) is 5.93. The molecule has 1 aliphatic heterocycles. The van der Waals surface area contributed by atoms with E-state index in [9.17, 15) is 9.18 Å². The molecule has 0 aromatic heterocycles. The van der Waals surface area contributed by atoms with Gasteiger partial charge in [-0.15, -0.1) is 11.8 Å². The summed E-state index contributed by atoms with van der Waals surface area (Å²) in [5, 5.41) is 6.44. The lowest BCUT2D eigenvalue weighted by molar-refractivity contribution is -0.129. The average Bonchev–Trinajstić information content (AvgIpc) is 3.17. The topological polar surface area (TPSA) is 56.7 Å². The van der Waals surface area contributed by atoms with E-state index in [0.29, 0.717) is 19.5 Å². The highest BCUT2D eigenvalue weighted by atomic mass is 32.2. The van der Waals surface area contributed by atoms with Crippen LogP contribution in [0.2, 0.25) is 0 Å². The number of hydrogen-bond acceptors (Lipinski definition) is 3. The number of benzene rings is 1. The molecule has 144 valence electrons. The van der Waals surface area contributed by atoms with Crippen LogP contribution in [0.5, 0.6) is 0 Å². The maximum atomic E-state index is 12.9. The van der Waals surface area contributed by atoms with Gasteiger partial charge in [-0.05, 0) is 56.2 Å². The van der Waals surface area contributed by atoms with Gasteiger partial charge in [0.1, 0.15) is 5.82 Å². The molecule has 0 unspecified atom stereocenters. The summed E-state index contributed by atoms with van der Waals surface area (Å²) < 4.78 is 12.9. The van der Waals surface area contributed by atoms with Crippen LogP contribution in [0.15, 0.2) is 34.2 Å². The SMILES string of the molecule is CCNC(=NCCCSc1ccc(F)cc1)NCCC(=O)N1CCCC1. The number of carbonyl (C=O) groups is 1. The van der Waals surface area contributed by atoms with Crippen molar-refractivity contribution in [3.8, 4) is 0 Å². The van der Waals surface area contributed by atoms with Gasteiger partial charge in [-0.3, -0.25) is 9.79 Å². The Morgan fingerprint density at radius 2 is 1.96 bits per heavy atom. The minimum atomic E-state index is -0.205. The minimum absolute atomic E-state index is 0.205. The van der Waals surface area contributed by atoms with Crippen LogP contribution < -0.4 is 10.6 Å². The van der Waals surface area contributed by atoms with Gasteiger partial charge in [0.2, 0.25) is 5.91 Å². The molecule has 0 bridgehead atoms. The normalized spacial score (nSPS) is 14.5. The molecule has 0 spiro atoms. The number of halogens is 1. The number of likely N-dealkylation sites (tertiary alicyclic amines) is 1. The van der Waals surface area contributed by atoms with Crippen molar-refractivity contribution in [1.29, 1.82) is 0 Å². The van der Waals surface area contributed by atoms with Crippen molar-refractivity contribution in [2.75, 3.05) is 38.5 Å². The number of aliphatic imine (C=N–C) groups is 1. The van der Waals surface area contributed by atoms with Crippen molar-refractivity contribution in [2.24, 2.45) is 4.99 Å². The first kappa shape index (κ1) is 20.6. The van der Waals surface area contributed by atoms with Crippen LogP contribution in [-0.2, 0) is 4.79 Å². The van der Waals surface area contributed by atoms with Gasteiger partial charge in [-0.25, -0.2) is 4.39 Å². The Kier molecular flexibility index (Phi) is 9.31. The van der Waals surface area contributed by atoms with Crippen molar-refractivity contribution in [3.05, 3.63) is 30.1 Å². The highest BCUT2D eigenvalue weighted by molar-refractivity contribution is 7.99. The molecule has 1 aliphatic rings. The lowest BCUT2D eigenvalue weighted by Crippen LogP contribution is -2.39. The molecule has 1 fully saturated rings. The minimum Gasteiger partial charge on any atom is -0.357 e. The van der Waals surface area contributed by atoms with E-state index in [1.54, 1.807) is 23.9 Å². The first-order valence-corrected chi connectivity index (χ1v) is 10.4. The van der Waals surface area contributed by atoms with Crippen molar-refractivity contribution in [1.82, 2.24) is 15.5 Å². The Bertz CT molecular complexity index is 573. The second-order valence-corrected chi connectivity index (χ2v) is 7.35. The molecule has 2 rings (SSSR count). The first-order chi connectivity index (χ1) is 12.7. The quantitative estimate of drug-likeness (QED) is 0.299. The number of nitrogens with zero attached hydrogens (tertiary/aromatic N) is 2. The summed E-state index contributed by atoms with van der Waals surface area (Å²) in [5.74, 6) is 1.71. The predicted molar refractivity (Wildman–Crippen MR) is 106 cm³/mol. The van der Waals surface area contributed by atoms with Crippen LogP contribution in [0.4, 0.5) is 4.39 Å². The Hall–Kier alpha value is -1.76. The van der Waals surface area contributed by atoms with E-state index in [2.05, 4.69) is 15.6 Å². The van der Waals surface area contributed by atoms with Gasteiger partial charge in [-0.1, -0.05) is 0 Å². The molecule has 7 heteroatoms. The van der Waals surface area contributed by atoms with Gasteiger partial charge < -0.3 is 15.5 Å². The highest BCUT2D eigenvalue weighted by Gasteiger charge is 2.17. The maximum Gasteiger partial charge on any atom is 0.224 e. The summed E-state index contributed by atoms with van der Waals surface area (Å²) in [4.78, 5) is 19.6. The molecule has 0 saturated carbocycles. The van der Waals surface area contributed by atoms with E-state index >= 15 is 0 Å². The predicted octanol–water partition coefficient (Wildman–Crippen LogP) is 2.88. The second kappa shape index (κ2) is 11.8. The largest absolute Gasteiger partial charge is 0.357 e. The van der Waals surface area contributed by atoms with E-state index in [0.717, 1.165) is 55.5 Å². The van der Waals surface area contributed by atoms with Crippen LogP contribution in [0.1, 0.15) is 32.6 Å². The molecule has 0 radical (unpaired) electrons. The van der Waals surface area contributed by atoms with Crippen LogP contribution in [0.25, 0.3) is 0 Å². The molecule has 1 amide bonds. The molecular formula is C19H29FN4OS. The average molecular weight is 381 g/mol. The zero-order chi connectivity index (χ0) is 18.6. The fourth-order valence-electron chi connectivity index (χ4n) is 2.73. The third kappa shape index (κ3) is 7.64. The van der Waals surface area contributed by atoms with Crippen LogP contribution in [-0.4, -0.2) is 55.2 Å². The molecule has 0 aliphatic carbocycles. The van der Waals surface area contributed by atoms with E-state index in [-0.39, 0.29) is 11.7 Å². The van der Waals surface area contributed by atoms with Crippen molar-refractivity contribution in [2.45, 2.75) is 37.5 Å². The summed E-state index contributed by atoms with van der Waals surface area (Å²) >= 11 is 1.70. The lowest BCUT2D eigenvalue weighted by atomic mass is 10.3. The Morgan fingerprint density at radius 1 is 1.23 bits per heavy atom. The molecule has 5 nitrogen and oxygen atoms in total. The summed E-state index contributed by atoms with van der Waals surface area (Å²) in [5.41, 5.74) is 0. The molecule has 2 N–H and O–H groups in total. The molecule has 1 aromatic carbocycles. The van der Waals surface area contributed by atoms with Crippen molar-refractivity contribution in [3.63, 3.8) is 0 Å². The van der Waals surface area contributed by atoms with Gasteiger partial charge in [-0.2, -0.15) is 0 Å². The van der Waals surface area contributed by atoms with Crippen molar-refractivity contribution < 1.29 is 9.18 Å². The number of rotatable bonds is 9. The number of hydrogen-bond donors (Lipinski definition) is 2. The maximum absolute atomic E-state index is 12.9. The summed E-state index contributed by atoms with van der Waals surface area (Å²) in [6, 6.07) is 6.56. The molecule has 1 saturated heterocycles. The van der Waals surface area contributed by atoms with Crippen LogP contribution in [0, 0.1) is 5.82 Å². The zero-order valence-electron chi connectivity index (χ0n) is 15.5. The van der Waals surface area contributed by atoms with Gasteiger partial charge in [0.05, 0.1) is 0 Å². The lowest BCUT2D eigenvalue weighted by Gasteiger charge is -2.16. The second-order valence-electron chi connectivity index (χ2n) is 6.18. The fourth-order valence-corrected chi connectivity index (χ4v) is 3.57. The number of nitrogens with one attached hydrogen (secondary N) is 2. The Morgan fingerprint density at radius 3 is 2.65 bits per heavy atom. The molecule has 1 heterocycles. The van der Waals surface area contributed by atoms with Gasteiger partial charge >= 0.3 is 0 Å². The van der Waals surface area contributed by atoms with E-state index in [1.165, 1.54) is 12.1 Å². The molecule has 0 atom stereocenters. The van der Waals surface area contributed by atoms with E-state index in [1.807, 2.05) is 11.8 Å². The number of thioether (sulfide) groups is 1. The Labute approximate surface area is 159 Å². The zero-order valence-corrected chi connectivity index (χ0v) is 16.3. The number of guanidine groups is 1. The number of amides is 1. The third-order valence-electron chi connectivity index (χ3n) is 4.09. The summed E-state index contributed by atoms with van der Waals surface area (Å²) in [7, 11) is 0. The van der Waals surface area contributed by atoms with Gasteiger partial charge in [0, 0.05) is 44.0 Å². The van der Waals surface area contributed by atoms with Crippen molar-refractivity contribution >= 4 is 23.6 Å². The smallest absolute Gasteiger partial charge is 0.224 e. The molecule has 26 heavy (non-hydrogen) atoms. The van der Waals surface area contributed by atoms with E-state index < -0.39 is 0 Å². The number of carbonyl (C=O) groups excluding carboxylic acids is 1. The third-order valence-corrected chi connectivity index (χ3v) is 5.19. The highest BCUT2D eigenvalue weighted by Crippen LogP contribution is 2.18. The molecular weight excluding hydrogens is 351 g/mol. The molecule has 1 aromatic rings. The first-order valence-electron chi connectivity index (χ1n) is 9.37. The summed E-state index contributed by atoms with van der Waals surface area (Å²) in [6.07, 6.45) is 3.69. The van der Waals surface area contributed by atoms with E-state index in [4.69, 9.17) is 0 Å². The fraction of sp³-hybridized carbons (Fsp3) is 0.579. The standard InChI is InChI=1S/C19H29FN4OS/c1-2-21-19(23-12-10-18(25)24-13-3-4-14-24)22-11-5-15-26-17-8-6-16(20)7-9-17/h6-9H,2-5,10-15H2,1H3,(H2,21,22,23). The Balaban J connectivity index is 1.63. The van der Waals surface area contributed by atoms with Crippen LogP contribution in [0.3, 0.4) is 0 Å². The van der Waals surface area contributed by atoms with Crippen LogP contribution >= 0.6 is 11.8 Å².